The van der Waals surface area contributed by atoms with E-state index in [0.717, 1.165) is 17.6 Å². The van der Waals surface area contributed by atoms with E-state index < -0.39 is 0 Å². The third-order valence-electron chi connectivity index (χ3n) is 3.82. The number of rotatable bonds is 3. The third-order valence-corrected chi connectivity index (χ3v) is 3.82. The molecule has 0 N–H and O–H groups in total. The summed E-state index contributed by atoms with van der Waals surface area (Å²) in [5.74, 6) is 0.354. The van der Waals surface area contributed by atoms with E-state index in [9.17, 15) is 4.79 Å². The largest absolute Gasteiger partial charge is 0.336 e. The SMILES string of the molecule is O=C(c1cnc2ccccc2n1)N1CC(Cn2cncn2)C1. The fraction of sp³-hybridized carbons (Fsp3) is 0.267. The number of nitrogens with zero attached hydrogens (tertiary/aromatic N) is 6. The van der Waals surface area contributed by atoms with Gasteiger partial charge >= 0.3 is 0 Å². The van der Waals surface area contributed by atoms with Crippen molar-refractivity contribution in [3.05, 3.63) is 48.8 Å². The quantitative estimate of drug-likeness (QED) is 0.720. The minimum Gasteiger partial charge on any atom is -0.336 e. The zero-order chi connectivity index (χ0) is 14.9. The van der Waals surface area contributed by atoms with E-state index in [1.54, 1.807) is 22.1 Å². The Morgan fingerprint density at radius 1 is 1.23 bits per heavy atom. The Kier molecular flexibility index (Phi) is 3.03. The molecule has 0 unspecified atom stereocenters. The number of hydrogen-bond acceptors (Lipinski definition) is 5. The molecule has 1 aliphatic rings. The Balaban J connectivity index is 1.44. The van der Waals surface area contributed by atoms with E-state index in [-0.39, 0.29) is 5.91 Å². The predicted octanol–water partition coefficient (Wildman–Crippen LogP) is 0.993. The third kappa shape index (κ3) is 2.30. The highest BCUT2D eigenvalue weighted by molar-refractivity contribution is 5.94. The molecule has 3 heterocycles. The zero-order valence-electron chi connectivity index (χ0n) is 11.8. The van der Waals surface area contributed by atoms with Crippen LogP contribution in [0.1, 0.15) is 10.5 Å². The summed E-state index contributed by atoms with van der Waals surface area (Å²) in [7, 11) is 0. The highest BCUT2D eigenvalue weighted by atomic mass is 16.2. The summed E-state index contributed by atoms with van der Waals surface area (Å²) >= 11 is 0. The number of carbonyl (C=O) groups excluding carboxylic acids is 1. The number of benzene rings is 1. The van der Waals surface area contributed by atoms with Gasteiger partial charge in [-0.25, -0.2) is 9.97 Å². The monoisotopic (exact) mass is 294 g/mol. The molecule has 0 radical (unpaired) electrons. The average molecular weight is 294 g/mol. The van der Waals surface area contributed by atoms with Crippen molar-refractivity contribution < 1.29 is 4.79 Å². The summed E-state index contributed by atoms with van der Waals surface area (Å²) in [6.45, 7) is 2.22. The summed E-state index contributed by atoms with van der Waals surface area (Å²) < 4.78 is 1.79. The van der Waals surface area contributed by atoms with Crippen molar-refractivity contribution in [1.29, 1.82) is 0 Å². The molecule has 0 spiro atoms. The van der Waals surface area contributed by atoms with Gasteiger partial charge in [-0.3, -0.25) is 14.5 Å². The highest BCUT2D eigenvalue weighted by Gasteiger charge is 2.32. The van der Waals surface area contributed by atoms with E-state index in [4.69, 9.17) is 0 Å². The van der Waals surface area contributed by atoms with E-state index in [0.29, 0.717) is 24.7 Å². The van der Waals surface area contributed by atoms with Gasteiger partial charge < -0.3 is 4.90 Å². The summed E-state index contributed by atoms with van der Waals surface area (Å²) in [5, 5.41) is 4.08. The number of hydrogen-bond donors (Lipinski definition) is 0. The molecule has 3 aromatic rings. The predicted molar refractivity (Wildman–Crippen MR) is 79.0 cm³/mol. The molecule has 0 bridgehead atoms. The standard InChI is InChI=1S/C15H14N6O/c22-15(14-5-17-12-3-1-2-4-13(12)19-14)20-6-11(7-20)8-21-10-16-9-18-21/h1-5,9-11H,6-8H2. The normalized spacial score (nSPS) is 15.0. The Morgan fingerprint density at radius 2 is 2.05 bits per heavy atom. The van der Waals surface area contributed by atoms with E-state index in [1.807, 2.05) is 24.3 Å². The number of carbonyl (C=O) groups is 1. The zero-order valence-corrected chi connectivity index (χ0v) is 11.8. The Morgan fingerprint density at radius 3 is 2.82 bits per heavy atom. The van der Waals surface area contributed by atoms with Gasteiger partial charge in [-0.1, -0.05) is 12.1 Å². The van der Waals surface area contributed by atoms with Gasteiger partial charge in [0.05, 0.1) is 17.2 Å². The fourth-order valence-corrected chi connectivity index (χ4v) is 2.66. The van der Waals surface area contributed by atoms with Crippen LogP contribution in [0.3, 0.4) is 0 Å². The molecule has 0 saturated carbocycles. The maximum absolute atomic E-state index is 12.4. The summed E-state index contributed by atoms with van der Waals surface area (Å²) in [6, 6.07) is 7.54. The molecule has 7 nitrogen and oxygen atoms in total. The molecule has 110 valence electrons. The van der Waals surface area contributed by atoms with Crippen LogP contribution in [0, 0.1) is 5.92 Å². The maximum Gasteiger partial charge on any atom is 0.274 e. The molecule has 0 aliphatic carbocycles. The maximum atomic E-state index is 12.4. The van der Waals surface area contributed by atoms with Gasteiger partial charge in [0.2, 0.25) is 0 Å². The lowest BCUT2D eigenvalue weighted by molar-refractivity contribution is 0.0455. The second kappa shape index (κ2) is 5.18. The Hall–Kier alpha value is -2.83. The average Bonchev–Trinajstić information content (AvgIpc) is 3.02. The molecule has 1 saturated heterocycles. The number of aromatic nitrogens is 5. The smallest absolute Gasteiger partial charge is 0.274 e. The Labute approximate surface area is 126 Å². The van der Waals surface area contributed by atoms with Gasteiger partial charge in [-0.2, -0.15) is 5.10 Å². The number of likely N-dealkylation sites (tertiary alicyclic amines) is 1. The van der Waals surface area contributed by atoms with Crippen LogP contribution in [0.2, 0.25) is 0 Å². The first-order valence-corrected chi connectivity index (χ1v) is 7.13. The summed E-state index contributed by atoms with van der Waals surface area (Å²) in [5.41, 5.74) is 1.94. The van der Waals surface area contributed by atoms with Crippen molar-refractivity contribution in [1.82, 2.24) is 29.6 Å². The molecule has 1 aliphatic heterocycles. The topological polar surface area (TPSA) is 76.8 Å². The van der Waals surface area contributed by atoms with E-state index >= 15 is 0 Å². The molecule has 4 rings (SSSR count). The lowest BCUT2D eigenvalue weighted by atomic mass is 10.00. The molecular formula is C15H14N6O. The van der Waals surface area contributed by atoms with Crippen LogP contribution in [-0.2, 0) is 6.54 Å². The fourth-order valence-electron chi connectivity index (χ4n) is 2.66. The second-order valence-corrected chi connectivity index (χ2v) is 5.44. The first-order chi connectivity index (χ1) is 10.8. The highest BCUT2D eigenvalue weighted by Crippen LogP contribution is 2.20. The van der Waals surface area contributed by atoms with Crippen molar-refractivity contribution in [3.63, 3.8) is 0 Å². The minimum atomic E-state index is -0.0620. The van der Waals surface area contributed by atoms with Crippen LogP contribution in [0.5, 0.6) is 0 Å². The van der Waals surface area contributed by atoms with E-state index in [2.05, 4.69) is 20.1 Å². The number of amides is 1. The van der Waals surface area contributed by atoms with Crippen molar-refractivity contribution in [3.8, 4) is 0 Å². The van der Waals surface area contributed by atoms with Crippen LogP contribution in [0.25, 0.3) is 11.0 Å². The van der Waals surface area contributed by atoms with Gasteiger partial charge in [0, 0.05) is 25.6 Å². The van der Waals surface area contributed by atoms with Gasteiger partial charge in [0.15, 0.2) is 0 Å². The van der Waals surface area contributed by atoms with Gasteiger partial charge in [0.1, 0.15) is 18.3 Å². The molecule has 22 heavy (non-hydrogen) atoms. The molecule has 1 fully saturated rings. The molecule has 2 aromatic heterocycles. The van der Waals surface area contributed by atoms with Crippen molar-refractivity contribution >= 4 is 16.9 Å². The lowest BCUT2D eigenvalue weighted by Gasteiger charge is -2.38. The van der Waals surface area contributed by atoms with Gasteiger partial charge in [0.25, 0.3) is 5.91 Å². The van der Waals surface area contributed by atoms with Gasteiger partial charge in [-0.15, -0.1) is 0 Å². The summed E-state index contributed by atoms with van der Waals surface area (Å²) in [4.78, 5) is 26.8. The summed E-state index contributed by atoms with van der Waals surface area (Å²) in [6.07, 6.45) is 4.76. The first kappa shape index (κ1) is 12.9. The molecule has 7 heteroatoms. The molecule has 1 amide bonds. The van der Waals surface area contributed by atoms with Crippen molar-refractivity contribution in [2.24, 2.45) is 5.92 Å². The molecule has 1 aromatic carbocycles. The van der Waals surface area contributed by atoms with Crippen molar-refractivity contribution in [2.45, 2.75) is 6.54 Å². The van der Waals surface area contributed by atoms with Crippen LogP contribution in [0.4, 0.5) is 0 Å². The first-order valence-electron chi connectivity index (χ1n) is 7.13. The Bertz CT molecular complexity index is 810. The van der Waals surface area contributed by atoms with Gasteiger partial charge in [-0.05, 0) is 12.1 Å². The lowest BCUT2D eigenvalue weighted by Crippen LogP contribution is -2.51. The number of para-hydroxylation sites is 2. The van der Waals surface area contributed by atoms with Crippen molar-refractivity contribution in [2.75, 3.05) is 13.1 Å². The van der Waals surface area contributed by atoms with E-state index in [1.165, 1.54) is 6.33 Å². The van der Waals surface area contributed by atoms with Crippen LogP contribution < -0.4 is 0 Å². The minimum absolute atomic E-state index is 0.0620. The van der Waals surface area contributed by atoms with Crippen LogP contribution >= 0.6 is 0 Å². The number of fused-ring (bicyclic) bond motifs is 1. The second-order valence-electron chi connectivity index (χ2n) is 5.44. The van der Waals surface area contributed by atoms with Crippen LogP contribution in [0.15, 0.2) is 43.1 Å². The molecular weight excluding hydrogens is 280 g/mol. The van der Waals surface area contributed by atoms with Crippen LogP contribution in [-0.4, -0.2) is 48.6 Å². The molecule has 0 atom stereocenters.